The van der Waals surface area contributed by atoms with E-state index in [1.165, 1.54) is 42.8 Å². The summed E-state index contributed by atoms with van der Waals surface area (Å²) in [6.45, 7) is 5.75. The Labute approximate surface area is 134 Å². The molecule has 0 aliphatic rings. The fourth-order valence-corrected chi connectivity index (χ4v) is 1.52. The zero-order valence-corrected chi connectivity index (χ0v) is 12.8. The van der Waals surface area contributed by atoms with Gasteiger partial charge in [-0.2, -0.15) is 0 Å². The molecule has 0 radical (unpaired) electrons. The fourth-order valence-electron chi connectivity index (χ4n) is 1.52. The van der Waals surface area contributed by atoms with Crippen LogP contribution in [-0.4, -0.2) is 45.9 Å². The summed E-state index contributed by atoms with van der Waals surface area (Å²) in [5, 5.41) is 37.7. The number of rotatable bonds is 7. The molecule has 1 aromatic rings. The number of benzene rings is 1. The van der Waals surface area contributed by atoms with Crippen LogP contribution in [0.3, 0.4) is 0 Å². The maximum Gasteiger partial charge on any atom is 0.124 e. The minimum atomic E-state index is -0.199. The van der Waals surface area contributed by atoms with Crippen molar-refractivity contribution < 1.29 is 20.4 Å². The number of phenols is 2. The van der Waals surface area contributed by atoms with Gasteiger partial charge in [0.2, 0.25) is 0 Å². The van der Waals surface area contributed by atoms with Crippen molar-refractivity contribution in [3.05, 3.63) is 59.6 Å². The Hall–Kier alpha value is -3.02. The molecule has 0 saturated heterocycles. The van der Waals surface area contributed by atoms with E-state index in [-0.39, 0.29) is 23.0 Å². The number of nitrogens with zero attached hydrogens (tertiary/aromatic N) is 2. The number of aromatic hydroxyl groups is 2. The molecule has 0 saturated carbocycles. The van der Waals surface area contributed by atoms with Gasteiger partial charge in [0, 0.05) is 23.6 Å². The standard InChI is InChI=1S/C17H20N2O4/c1-3-15(21)8-13(12(2)20)10-18-6-7-19-11-14-9-16(22)4-5-17(14)23/h3-5,8-11,20-23H,2,6-7H2,1H3/b13-8-,15-3+,18-10?,19-11?. The van der Waals surface area contributed by atoms with Crippen LogP contribution < -0.4 is 0 Å². The molecule has 0 bridgehead atoms. The molecule has 0 spiro atoms. The predicted octanol–water partition coefficient (Wildman–Crippen LogP) is 3.05. The SMILES string of the molecule is C=C(O)/C(C=NCCN=Cc1cc(O)ccc1O)=C\C(O)=C/C. The summed E-state index contributed by atoms with van der Waals surface area (Å²) in [5.41, 5.74) is 0.714. The minimum Gasteiger partial charge on any atom is -0.508 e. The van der Waals surface area contributed by atoms with Gasteiger partial charge < -0.3 is 20.4 Å². The molecule has 0 aliphatic heterocycles. The lowest BCUT2D eigenvalue weighted by molar-refractivity contribution is 0.420. The Balaban J connectivity index is 2.59. The van der Waals surface area contributed by atoms with Gasteiger partial charge in [-0.3, -0.25) is 9.98 Å². The number of aliphatic hydroxyl groups excluding tert-OH is 2. The normalized spacial score (nSPS) is 13.1. The van der Waals surface area contributed by atoms with E-state index in [9.17, 15) is 20.4 Å². The van der Waals surface area contributed by atoms with Crippen molar-refractivity contribution in [3.63, 3.8) is 0 Å². The van der Waals surface area contributed by atoms with Crippen LogP contribution in [0.1, 0.15) is 12.5 Å². The van der Waals surface area contributed by atoms with Crippen LogP contribution >= 0.6 is 0 Å². The summed E-state index contributed by atoms with van der Waals surface area (Å²) in [7, 11) is 0. The molecule has 0 unspecified atom stereocenters. The number of phenolic OH excluding ortho intramolecular Hbond substituents is 2. The number of aliphatic hydroxyl groups is 2. The van der Waals surface area contributed by atoms with Gasteiger partial charge in [-0.05, 0) is 37.3 Å². The van der Waals surface area contributed by atoms with Gasteiger partial charge in [-0.25, -0.2) is 0 Å². The Kier molecular flexibility index (Phi) is 7.13. The lowest BCUT2D eigenvalue weighted by Gasteiger charge is -2.00. The lowest BCUT2D eigenvalue weighted by atomic mass is 10.2. The molecular formula is C17H20N2O4. The third-order valence-electron chi connectivity index (χ3n) is 2.76. The highest BCUT2D eigenvalue weighted by atomic mass is 16.3. The van der Waals surface area contributed by atoms with Crippen LogP contribution in [0.2, 0.25) is 0 Å². The van der Waals surface area contributed by atoms with Crippen LogP contribution in [-0.2, 0) is 0 Å². The topological polar surface area (TPSA) is 106 Å². The molecule has 0 heterocycles. The molecule has 1 rings (SSSR count). The Bertz CT molecular complexity index is 673. The first-order valence-corrected chi connectivity index (χ1v) is 6.91. The molecule has 122 valence electrons. The Morgan fingerprint density at radius 2 is 1.87 bits per heavy atom. The molecule has 0 amide bonds. The van der Waals surface area contributed by atoms with Gasteiger partial charge in [0.25, 0.3) is 0 Å². The maximum atomic E-state index is 9.57. The van der Waals surface area contributed by atoms with E-state index >= 15 is 0 Å². The summed E-state index contributed by atoms with van der Waals surface area (Å²) in [6.07, 6.45) is 5.66. The molecule has 0 aliphatic carbocycles. The van der Waals surface area contributed by atoms with E-state index in [1.807, 2.05) is 0 Å². The van der Waals surface area contributed by atoms with Crippen molar-refractivity contribution in [1.82, 2.24) is 0 Å². The zero-order valence-electron chi connectivity index (χ0n) is 12.8. The molecule has 0 aromatic heterocycles. The van der Waals surface area contributed by atoms with Gasteiger partial charge in [-0.15, -0.1) is 0 Å². The Morgan fingerprint density at radius 1 is 1.17 bits per heavy atom. The number of aliphatic imine (C=N–C) groups is 2. The first-order valence-electron chi connectivity index (χ1n) is 6.91. The average molecular weight is 316 g/mol. The van der Waals surface area contributed by atoms with Crippen molar-refractivity contribution in [2.75, 3.05) is 13.1 Å². The number of hydrogen-bond acceptors (Lipinski definition) is 6. The Morgan fingerprint density at radius 3 is 2.52 bits per heavy atom. The smallest absolute Gasteiger partial charge is 0.124 e. The van der Waals surface area contributed by atoms with Gasteiger partial charge in [0.05, 0.1) is 13.1 Å². The molecule has 4 N–H and O–H groups in total. The van der Waals surface area contributed by atoms with E-state index in [2.05, 4.69) is 16.6 Å². The van der Waals surface area contributed by atoms with E-state index in [0.29, 0.717) is 24.2 Å². The third kappa shape index (κ3) is 6.52. The highest BCUT2D eigenvalue weighted by Crippen LogP contribution is 2.20. The summed E-state index contributed by atoms with van der Waals surface area (Å²) in [4.78, 5) is 8.16. The van der Waals surface area contributed by atoms with Crippen LogP contribution in [0.4, 0.5) is 0 Å². The first kappa shape index (κ1) is 18.0. The molecule has 1 aromatic carbocycles. The zero-order chi connectivity index (χ0) is 17.2. The molecule has 0 fully saturated rings. The van der Waals surface area contributed by atoms with Crippen LogP contribution in [0.25, 0.3) is 0 Å². The van der Waals surface area contributed by atoms with E-state index < -0.39 is 0 Å². The largest absolute Gasteiger partial charge is 0.508 e. The van der Waals surface area contributed by atoms with Crippen molar-refractivity contribution in [3.8, 4) is 11.5 Å². The second-order valence-corrected chi connectivity index (χ2v) is 4.57. The van der Waals surface area contributed by atoms with Crippen molar-refractivity contribution in [2.24, 2.45) is 9.98 Å². The van der Waals surface area contributed by atoms with E-state index in [1.54, 1.807) is 6.92 Å². The van der Waals surface area contributed by atoms with Crippen molar-refractivity contribution >= 4 is 12.4 Å². The summed E-state index contributed by atoms with van der Waals surface area (Å²) in [5.74, 6) is -0.129. The number of hydrogen-bond donors (Lipinski definition) is 4. The monoisotopic (exact) mass is 316 g/mol. The minimum absolute atomic E-state index is 0.000897. The molecule has 23 heavy (non-hydrogen) atoms. The van der Waals surface area contributed by atoms with Gasteiger partial charge in [-0.1, -0.05) is 6.58 Å². The molecule has 6 nitrogen and oxygen atoms in total. The second kappa shape index (κ2) is 9.09. The van der Waals surface area contributed by atoms with E-state index in [0.717, 1.165) is 0 Å². The van der Waals surface area contributed by atoms with Gasteiger partial charge in [0.15, 0.2) is 0 Å². The van der Waals surface area contributed by atoms with Crippen molar-refractivity contribution in [1.29, 1.82) is 0 Å². The predicted molar refractivity (Wildman–Crippen MR) is 91.8 cm³/mol. The molecular weight excluding hydrogens is 296 g/mol. The number of allylic oxidation sites excluding steroid dienone is 3. The average Bonchev–Trinajstić information content (AvgIpc) is 2.52. The maximum absolute atomic E-state index is 9.57. The van der Waals surface area contributed by atoms with Crippen molar-refractivity contribution in [2.45, 2.75) is 6.92 Å². The summed E-state index contributed by atoms with van der Waals surface area (Å²) in [6, 6.07) is 4.16. The second-order valence-electron chi connectivity index (χ2n) is 4.57. The van der Waals surface area contributed by atoms with Gasteiger partial charge >= 0.3 is 0 Å². The van der Waals surface area contributed by atoms with Gasteiger partial charge in [0.1, 0.15) is 23.0 Å². The first-order chi connectivity index (χ1) is 10.9. The van der Waals surface area contributed by atoms with E-state index in [4.69, 9.17) is 0 Å². The summed E-state index contributed by atoms with van der Waals surface area (Å²) >= 11 is 0. The van der Waals surface area contributed by atoms with Crippen LogP contribution in [0.5, 0.6) is 11.5 Å². The quantitative estimate of drug-likeness (QED) is 0.204. The highest BCUT2D eigenvalue weighted by molar-refractivity contribution is 5.84. The van der Waals surface area contributed by atoms with Crippen LogP contribution in [0, 0.1) is 0 Å². The summed E-state index contributed by atoms with van der Waals surface area (Å²) < 4.78 is 0. The fraction of sp³-hybridized carbons (Fsp3) is 0.176. The van der Waals surface area contributed by atoms with Crippen LogP contribution in [0.15, 0.2) is 64.0 Å². The lowest BCUT2D eigenvalue weighted by Crippen LogP contribution is -1.94. The highest BCUT2D eigenvalue weighted by Gasteiger charge is 1.99. The molecule has 6 heteroatoms. The molecule has 0 atom stereocenters. The third-order valence-corrected chi connectivity index (χ3v) is 2.76.